The van der Waals surface area contributed by atoms with Crippen LogP contribution in [0, 0.1) is 0 Å². The normalized spacial score (nSPS) is 11.4. The van der Waals surface area contributed by atoms with E-state index in [-0.39, 0.29) is 16.5 Å². The molecule has 9 heteroatoms. The Kier molecular flexibility index (Phi) is 14.2. The van der Waals surface area contributed by atoms with E-state index in [1.807, 2.05) is 97.1 Å². The van der Waals surface area contributed by atoms with Crippen LogP contribution in [0.3, 0.4) is 0 Å². The largest absolute Gasteiger partial charge is 0.781 e. The summed E-state index contributed by atoms with van der Waals surface area (Å²) in [4.78, 5) is 2.64. The van der Waals surface area contributed by atoms with Crippen LogP contribution in [0.25, 0.3) is 19.6 Å². The van der Waals surface area contributed by atoms with Gasteiger partial charge in [-0.05, 0) is 70.8 Å². The summed E-state index contributed by atoms with van der Waals surface area (Å²) in [7, 11) is 6.54. The SMILES string of the molecule is COc1ccc(C([S-])=C([S-])c2ccc(OC)cc2)cc1.COc1ccc(C([S-])=C([S-])c2ccc(OC)cc2)cc1.[Ni]. The third-order valence-corrected chi connectivity index (χ3v) is 7.84. The molecular weight excluding hydrogens is 635 g/mol. The maximum atomic E-state index is 5.45. The summed E-state index contributed by atoms with van der Waals surface area (Å²) >= 11 is 21.8. The van der Waals surface area contributed by atoms with Gasteiger partial charge in [-0.1, -0.05) is 48.5 Å². The van der Waals surface area contributed by atoms with E-state index in [2.05, 4.69) is 0 Å². The molecule has 4 aromatic rings. The Morgan fingerprint density at radius 1 is 0.341 bits per heavy atom. The molecule has 0 bridgehead atoms. The number of ether oxygens (including phenoxy) is 4. The summed E-state index contributed by atoms with van der Waals surface area (Å²) in [6, 6.07) is 30.3. The second kappa shape index (κ2) is 17.0. The van der Waals surface area contributed by atoms with Crippen LogP contribution < -0.4 is 18.9 Å². The second-order valence-corrected chi connectivity index (χ2v) is 9.86. The summed E-state index contributed by atoms with van der Waals surface area (Å²) in [5.41, 5.74) is 3.67. The van der Waals surface area contributed by atoms with Crippen molar-refractivity contribution >= 4 is 70.1 Å². The third kappa shape index (κ3) is 9.49. The van der Waals surface area contributed by atoms with Crippen molar-refractivity contribution in [1.82, 2.24) is 0 Å². The van der Waals surface area contributed by atoms with Gasteiger partial charge in [0.15, 0.2) is 0 Å². The van der Waals surface area contributed by atoms with Crippen LogP contribution in [0.4, 0.5) is 0 Å². The molecule has 41 heavy (non-hydrogen) atoms. The first-order valence-corrected chi connectivity index (χ1v) is 13.7. The van der Waals surface area contributed by atoms with Gasteiger partial charge in [0.1, 0.15) is 23.0 Å². The van der Waals surface area contributed by atoms with Crippen molar-refractivity contribution in [3.8, 4) is 23.0 Å². The molecule has 0 fully saturated rings. The van der Waals surface area contributed by atoms with Gasteiger partial charge in [0.25, 0.3) is 0 Å². The van der Waals surface area contributed by atoms with Gasteiger partial charge in [0.2, 0.25) is 0 Å². The first-order chi connectivity index (χ1) is 19.3. The van der Waals surface area contributed by atoms with Crippen molar-refractivity contribution in [3.05, 3.63) is 119 Å². The van der Waals surface area contributed by atoms with Crippen molar-refractivity contribution in [3.63, 3.8) is 0 Å². The summed E-state index contributed by atoms with van der Waals surface area (Å²) in [5, 5.41) is 0. The fourth-order valence-corrected chi connectivity index (χ4v) is 4.51. The monoisotopic (exact) mass is 662 g/mol. The van der Waals surface area contributed by atoms with E-state index in [9.17, 15) is 0 Å². The van der Waals surface area contributed by atoms with E-state index < -0.39 is 0 Å². The quantitative estimate of drug-likeness (QED) is 0.111. The maximum Gasteiger partial charge on any atom is 0.118 e. The van der Waals surface area contributed by atoms with Gasteiger partial charge < -0.3 is 69.5 Å². The van der Waals surface area contributed by atoms with Crippen LogP contribution in [0.1, 0.15) is 22.3 Å². The second-order valence-electron chi connectivity index (χ2n) is 8.23. The van der Waals surface area contributed by atoms with Crippen LogP contribution in [0.5, 0.6) is 23.0 Å². The van der Waals surface area contributed by atoms with Gasteiger partial charge in [-0.15, -0.1) is 0 Å². The van der Waals surface area contributed by atoms with E-state index in [0.717, 1.165) is 45.3 Å². The van der Waals surface area contributed by atoms with Crippen LogP contribution in [0.15, 0.2) is 97.1 Å². The molecule has 0 spiro atoms. The van der Waals surface area contributed by atoms with E-state index in [0.29, 0.717) is 19.6 Å². The fourth-order valence-electron chi connectivity index (χ4n) is 3.49. The van der Waals surface area contributed by atoms with Crippen LogP contribution in [0.2, 0.25) is 0 Å². The molecule has 0 saturated heterocycles. The molecule has 0 aliphatic heterocycles. The zero-order valence-electron chi connectivity index (χ0n) is 22.8. The molecule has 4 aromatic carbocycles. The molecular formula is C32H28NiO4S4-4. The predicted octanol–water partition coefficient (Wildman–Crippen LogP) is 7.24. The molecule has 0 atom stereocenters. The van der Waals surface area contributed by atoms with Crippen LogP contribution >= 0.6 is 0 Å². The van der Waals surface area contributed by atoms with E-state index in [1.54, 1.807) is 28.4 Å². The smallest absolute Gasteiger partial charge is 0.118 e. The minimum Gasteiger partial charge on any atom is -0.781 e. The Balaban J connectivity index is 0.000000280. The predicted molar refractivity (Wildman–Crippen MR) is 175 cm³/mol. The number of benzene rings is 4. The molecule has 0 heterocycles. The maximum absolute atomic E-state index is 5.45. The molecule has 4 rings (SSSR count). The molecule has 0 N–H and O–H groups in total. The molecule has 0 amide bonds. The Labute approximate surface area is 274 Å². The topological polar surface area (TPSA) is 36.9 Å². The van der Waals surface area contributed by atoms with Gasteiger partial charge in [-0.3, -0.25) is 0 Å². The minimum absolute atomic E-state index is 0. The molecule has 218 valence electrons. The molecule has 0 unspecified atom stereocenters. The Bertz CT molecular complexity index is 1210. The van der Waals surface area contributed by atoms with Gasteiger partial charge in [0, 0.05) is 16.5 Å². The zero-order valence-corrected chi connectivity index (χ0v) is 27.1. The molecule has 0 aliphatic rings. The Morgan fingerprint density at radius 3 is 0.610 bits per heavy atom. The van der Waals surface area contributed by atoms with Crippen LogP contribution in [-0.4, -0.2) is 28.4 Å². The number of methoxy groups -OCH3 is 4. The van der Waals surface area contributed by atoms with Gasteiger partial charge in [0.05, 0.1) is 28.4 Å². The first kappa shape index (κ1) is 34.1. The first-order valence-electron chi connectivity index (χ1n) is 12.1. The summed E-state index contributed by atoms with van der Waals surface area (Å²) < 4.78 is 20.5. The minimum atomic E-state index is 0. The van der Waals surface area contributed by atoms with Crippen molar-refractivity contribution in [1.29, 1.82) is 0 Å². The zero-order chi connectivity index (χ0) is 29.1. The van der Waals surface area contributed by atoms with Crippen molar-refractivity contribution in [2.24, 2.45) is 0 Å². The summed E-state index contributed by atoms with van der Waals surface area (Å²) in [6.45, 7) is 0. The molecule has 0 radical (unpaired) electrons. The standard InChI is InChI=1S/2C16H16O2S2.Ni/c2*1-17-13-7-3-11(4-8-13)15(19)16(20)12-5-9-14(18-2)10-6-12;/h2*3-10,19-20H,1-2H3;/p-4. The third-order valence-electron chi connectivity index (χ3n) is 5.82. The molecule has 0 aromatic heterocycles. The van der Waals surface area contributed by atoms with E-state index in [1.165, 1.54) is 0 Å². The number of hydrogen-bond acceptors (Lipinski definition) is 8. The van der Waals surface area contributed by atoms with Gasteiger partial charge in [-0.25, -0.2) is 0 Å². The van der Waals surface area contributed by atoms with Gasteiger partial charge in [-0.2, -0.15) is 19.6 Å². The molecule has 4 nitrogen and oxygen atoms in total. The van der Waals surface area contributed by atoms with Crippen molar-refractivity contribution in [2.75, 3.05) is 28.4 Å². The summed E-state index contributed by atoms with van der Waals surface area (Å²) in [6.07, 6.45) is 0. The average molecular weight is 664 g/mol. The van der Waals surface area contributed by atoms with Gasteiger partial charge >= 0.3 is 0 Å². The Morgan fingerprint density at radius 2 is 0.488 bits per heavy atom. The number of hydrogen-bond donors (Lipinski definition) is 0. The summed E-state index contributed by atoms with van der Waals surface area (Å²) in [5.74, 6) is 3.19. The average Bonchev–Trinajstić information content (AvgIpc) is 3.03. The van der Waals surface area contributed by atoms with E-state index in [4.69, 9.17) is 69.5 Å². The van der Waals surface area contributed by atoms with E-state index >= 15 is 0 Å². The molecule has 0 aliphatic carbocycles. The van der Waals surface area contributed by atoms with Crippen LogP contribution in [-0.2, 0) is 67.0 Å². The van der Waals surface area contributed by atoms with Crippen molar-refractivity contribution < 1.29 is 35.4 Å². The number of rotatable bonds is 8. The molecule has 0 saturated carbocycles. The van der Waals surface area contributed by atoms with Crippen molar-refractivity contribution in [2.45, 2.75) is 0 Å². The fraction of sp³-hybridized carbons (Fsp3) is 0.125. The Hall–Kier alpha value is -3.07.